The Bertz CT molecular complexity index is 1340. The monoisotopic (exact) mass is 449 g/mol. The summed E-state index contributed by atoms with van der Waals surface area (Å²) in [5.41, 5.74) is 9.60. The highest BCUT2D eigenvalue weighted by molar-refractivity contribution is 6.33. The molecule has 0 unspecified atom stereocenters. The Hall–Kier alpha value is -3.36. The van der Waals surface area contributed by atoms with E-state index in [2.05, 4.69) is 25.3 Å². The number of fused-ring (bicyclic) bond motifs is 1. The van der Waals surface area contributed by atoms with E-state index < -0.39 is 0 Å². The van der Waals surface area contributed by atoms with Gasteiger partial charge in [-0.2, -0.15) is 4.98 Å². The van der Waals surface area contributed by atoms with Gasteiger partial charge in [0, 0.05) is 53.1 Å². The van der Waals surface area contributed by atoms with E-state index in [1.807, 2.05) is 25.1 Å². The number of nitrogens with zero attached hydrogens (tertiary/aromatic N) is 5. The molecule has 3 heterocycles. The van der Waals surface area contributed by atoms with Crippen LogP contribution >= 0.6 is 11.6 Å². The zero-order valence-electron chi connectivity index (χ0n) is 18.0. The predicted molar refractivity (Wildman–Crippen MR) is 128 cm³/mol. The summed E-state index contributed by atoms with van der Waals surface area (Å²) in [6.07, 6.45) is 6.68. The summed E-state index contributed by atoms with van der Waals surface area (Å²) in [6.45, 7) is 2.96. The average molecular weight is 450 g/mol. The predicted octanol–water partition coefficient (Wildman–Crippen LogP) is 3.66. The highest BCUT2D eigenvalue weighted by Crippen LogP contribution is 2.31. The van der Waals surface area contributed by atoms with Gasteiger partial charge in [-0.1, -0.05) is 23.7 Å². The fourth-order valence-corrected chi connectivity index (χ4v) is 3.87. The van der Waals surface area contributed by atoms with Crippen LogP contribution in [-0.2, 0) is 6.54 Å². The lowest BCUT2D eigenvalue weighted by Crippen LogP contribution is -2.24. The van der Waals surface area contributed by atoms with Gasteiger partial charge in [0.25, 0.3) is 5.56 Å². The molecular formula is C23H24ClN7O. The van der Waals surface area contributed by atoms with E-state index in [0.717, 1.165) is 35.2 Å². The van der Waals surface area contributed by atoms with Gasteiger partial charge in [0.1, 0.15) is 5.65 Å². The van der Waals surface area contributed by atoms with Gasteiger partial charge in [0.05, 0.1) is 17.6 Å². The van der Waals surface area contributed by atoms with Crippen molar-refractivity contribution in [2.75, 3.05) is 18.9 Å². The third kappa shape index (κ3) is 4.32. The molecule has 0 aliphatic rings. The van der Waals surface area contributed by atoms with Crippen LogP contribution in [0.4, 0.5) is 5.95 Å². The molecule has 0 aliphatic heterocycles. The number of nitrogens with two attached hydrogens (primary N) is 1. The van der Waals surface area contributed by atoms with E-state index in [9.17, 15) is 4.79 Å². The first-order valence-corrected chi connectivity index (χ1v) is 10.8. The number of halogens is 1. The van der Waals surface area contributed by atoms with Crippen molar-refractivity contribution in [3.63, 3.8) is 0 Å². The lowest BCUT2D eigenvalue weighted by Gasteiger charge is -2.14. The van der Waals surface area contributed by atoms with Gasteiger partial charge in [-0.3, -0.25) is 14.3 Å². The van der Waals surface area contributed by atoms with Gasteiger partial charge in [0.2, 0.25) is 5.95 Å². The van der Waals surface area contributed by atoms with Gasteiger partial charge in [-0.05, 0) is 38.4 Å². The van der Waals surface area contributed by atoms with Gasteiger partial charge in [-0.25, -0.2) is 9.97 Å². The number of pyridine rings is 1. The molecule has 4 rings (SSSR count). The molecule has 0 saturated heterocycles. The minimum absolute atomic E-state index is 0.153. The molecule has 0 fully saturated rings. The molecule has 4 aromatic rings. The van der Waals surface area contributed by atoms with Crippen LogP contribution in [0.3, 0.4) is 0 Å². The molecule has 32 heavy (non-hydrogen) atoms. The van der Waals surface area contributed by atoms with Crippen molar-refractivity contribution in [2.45, 2.75) is 26.3 Å². The maximum Gasteiger partial charge on any atom is 0.260 e. The van der Waals surface area contributed by atoms with Crippen molar-refractivity contribution in [1.82, 2.24) is 24.5 Å². The Balaban J connectivity index is 1.85. The number of hydrogen-bond donors (Lipinski definition) is 2. The largest absolute Gasteiger partial charge is 0.357 e. The first-order chi connectivity index (χ1) is 15.5. The zero-order valence-corrected chi connectivity index (χ0v) is 18.7. The number of rotatable bonds is 7. The summed E-state index contributed by atoms with van der Waals surface area (Å²) in [4.78, 5) is 31.0. The Morgan fingerprint density at radius 2 is 1.94 bits per heavy atom. The Labute approximate surface area is 190 Å². The smallest absolute Gasteiger partial charge is 0.260 e. The second kappa shape index (κ2) is 9.42. The minimum atomic E-state index is -0.153. The summed E-state index contributed by atoms with van der Waals surface area (Å²) in [5.74, 6) is 0.457. The highest BCUT2D eigenvalue weighted by atomic mass is 35.5. The van der Waals surface area contributed by atoms with Gasteiger partial charge in [0.15, 0.2) is 0 Å². The molecule has 3 aromatic heterocycles. The van der Waals surface area contributed by atoms with Crippen LogP contribution in [0.2, 0.25) is 5.02 Å². The van der Waals surface area contributed by atoms with E-state index in [0.29, 0.717) is 40.8 Å². The van der Waals surface area contributed by atoms with Crippen molar-refractivity contribution in [3.8, 4) is 22.4 Å². The molecule has 0 bridgehead atoms. The number of unbranched alkanes of at least 4 members (excludes halogenated alkanes) is 1. The van der Waals surface area contributed by atoms with Crippen molar-refractivity contribution in [2.24, 2.45) is 5.73 Å². The Morgan fingerprint density at radius 1 is 1.09 bits per heavy atom. The molecule has 3 N–H and O–H groups in total. The number of nitrogens with one attached hydrogen (secondary N) is 1. The van der Waals surface area contributed by atoms with Crippen LogP contribution in [0.5, 0.6) is 0 Å². The normalized spacial score (nSPS) is 11.1. The highest BCUT2D eigenvalue weighted by Gasteiger charge is 2.16. The van der Waals surface area contributed by atoms with Gasteiger partial charge < -0.3 is 11.1 Å². The summed E-state index contributed by atoms with van der Waals surface area (Å²) in [6, 6.07) is 7.35. The van der Waals surface area contributed by atoms with Crippen molar-refractivity contribution < 1.29 is 0 Å². The van der Waals surface area contributed by atoms with E-state index >= 15 is 0 Å². The van der Waals surface area contributed by atoms with Crippen LogP contribution in [0.1, 0.15) is 18.5 Å². The number of aromatic nitrogens is 5. The first kappa shape index (κ1) is 21.9. The SMILES string of the molecule is CNc1ncc2cc(-c3ccc(-c4cncc(C)n4)cc3Cl)c(=O)n(CCCCN)c2n1. The van der Waals surface area contributed by atoms with Crippen LogP contribution < -0.4 is 16.6 Å². The molecule has 0 radical (unpaired) electrons. The fourth-order valence-electron chi connectivity index (χ4n) is 3.59. The molecule has 8 nitrogen and oxygen atoms in total. The van der Waals surface area contributed by atoms with Crippen molar-refractivity contribution in [3.05, 3.63) is 63.9 Å². The lowest BCUT2D eigenvalue weighted by atomic mass is 10.0. The third-order valence-corrected chi connectivity index (χ3v) is 5.51. The summed E-state index contributed by atoms with van der Waals surface area (Å²) in [7, 11) is 1.74. The summed E-state index contributed by atoms with van der Waals surface area (Å²) >= 11 is 6.65. The van der Waals surface area contributed by atoms with E-state index in [-0.39, 0.29) is 5.56 Å². The number of benzene rings is 1. The van der Waals surface area contributed by atoms with E-state index in [1.54, 1.807) is 36.3 Å². The summed E-state index contributed by atoms with van der Waals surface area (Å²) in [5, 5.41) is 4.15. The molecule has 1 aromatic carbocycles. The number of hydrogen-bond acceptors (Lipinski definition) is 7. The molecule has 0 saturated carbocycles. The quantitative estimate of drug-likeness (QED) is 0.414. The van der Waals surface area contributed by atoms with Crippen LogP contribution in [0.25, 0.3) is 33.4 Å². The molecule has 0 amide bonds. The molecule has 0 atom stereocenters. The van der Waals surface area contributed by atoms with Crippen LogP contribution in [0.15, 0.2) is 47.7 Å². The number of anilines is 1. The van der Waals surface area contributed by atoms with E-state index in [4.69, 9.17) is 17.3 Å². The Morgan fingerprint density at radius 3 is 2.66 bits per heavy atom. The molecule has 0 aliphatic carbocycles. The average Bonchev–Trinajstić information content (AvgIpc) is 2.80. The zero-order chi connectivity index (χ0) is 22.7. The molecular weight excluding hydrogens is 426 g/mol. The Kier molecular flexibility index (Phi) is 6.43. The van der Waals surface area contributed by atoms with Gasteiger partial charge >= 0.3 is 0 Å². The number of aryl methyl sites for hydroxylation is 2. The molecule has 164 valence electrons. The topological polar surface area (TPSA) is 112 Å². The maximum absolute atomic E-state index is 13.5. The second-order valence-electron chi connectivity index (χ2n) is 7.47. The minimum Gasteiger partial charge on any atom is -0.357 e. The fraction of sp³-hybridized carbons (Fsp3) is 0.261. The second-order valence-corrected chi connectivity index (χ2v) is 7.88. The summed E-state index contributed by atoms with van der Waals surface area (Å²) < 4.78 is 1.68. The molecule has 9 heteroatoms. The van der Waals surface area contributed by atoms with Crippen LogP contribution in [-0.4, -0.2) is 38.1 Å². The van der Waals surface area contributed by atoms with Crippen LogP contribution in [0, 0.1) is 6.92 Å². The first-order valence-electron chi connectivity index (χ1n) is 10.4. The molecule has 0 spiro atoms. The van der Waals surface area contributed by atoms with Crippen molar-refractivity contribution >= 4 is 28.6 Å². The van der Waals surface area contributed by atoms with Crippen molar-refractivity contribution in [1.29, 1.82) is 0 Å². The lowest BCUT2D eigenvalue weighted by molar-refractivity contribution is 0.612. The third-order valence-electron chi connectivity index (χ3n) is 5.20. The van der Waals surface area contributed by atoms with Gasteiger partial charge in [-0.15, -0.1) is 0 Å². The maximum atomic E-state index is 13.5. The van der Waals surface area contributed by atoms with E-state index in [1.165, 1.54) is 0 Å². The standard InChI is InChI=1S/C23H24ClN7O/c1-14-11-27-13-20(29-14)15-5-6-17(19(24)10-15)18-9-16-12-28-23(26-2)30-21(16)31(22(18)32)8-4-3-7-25/h5-6,9-13H,3-4,7-8,25H2,1-2H3,(H,26,28,30).